The summed E-state index contributed by atoms with van der Waals surface area (Å²) in [4.78, 5) is 16.4. The molecule has 33 heavy (non-hydrogen) atoms. The summed E-state index contributed by atoms with van der Waals surface area (Å²) in [6.07, 6.45) is -0.379. The monoisotopic (exact) mass is 483 g/mol. The highest BCUT2D eigenvalue weighted by molar-refractivity contribution is 6.31. The Kier molecular flexibility index (Phi) is 6.73. The lowest BCUT2D eigenvalue weighted by Crippen LogP contribution is -2.42. The zero-order chi connectivity index (χ0) is 23.6. The van der Waals surface area contributed by atoms with Gasteiger partial charge < -0.3 is 10.6 Å². The Balaban J connectivity index is 1.52. The van der Waals surface area contributed by atoms with E-state index in [1.165, 1.54) is 29.1 Å². The summed E-state index contributed by atoms with van der Waals surface area (Å²) in [7, 11) is 0. The van der Waals surface area contributed by atoms with Crippen LogP contribution in [0.3, 0.4) is 0 Å². The predicted octanol–water partition coefficient (Wildman–Crippen LogP) is 5.23. The van der Waals surface area contributed by atoms with Crippen molar-refractivity contribution in [3.8, 4) is 0 Å². The number of fused-ring (bicyclic) bond motifs is 1. The SMILES string of the molecule is O=C(N[C@@H]1CCC[C@H](Nc2cc(C(F)(F)F)nc3ccc(Cl)cc23)C1)c1ccnn1CCF. The molecule has 0 saturated heterocycles. The number of hydrogen-bond acceptors (Lipinski definition) is 4. The van der Waals surface area contributed by atoms with Gasteiger partial charge in [-0.05, 0) is 56.0 Å². The van der Waals surface area contributed by atoms with Gasteiger partial charge in [0.05, 0.1) is 12.1 Å². The molecule has 1 amide bonds. The number of carbonyl (C=O) groups excluding carboxylic acids is 1. The van der Waals surface area contributed by atoms with E-state index in [1.54, 1.807) is 6.07 Å². The highest BCUT2D eigenvalue weighted by Crippen LogP contribution is 2.35. The van der Waals surface area contributed by atoms with Gasteiger partial charge in [0.2, 0.25) is 0 Å². The first-order valence-electron chi connectivity index (χ1n) is 10.6. The first kappa shape index (κ1) is 23.3. The van der Waals surface area contributed by atoms with Crippen LogP contribution in [0.5, 0.6) is 0 Å². The molecule has 1 aromatic carbocycles. The summed E-state index contributed by atoms with van der Waals surface area (Å²) in [5.41, 5.74) is -0.222. The molecule has 2 heterocycles. The van der Waals surface area contributed by atoms with Crippen molar-refractivity contribution < 1.29 is 22.4 Å². The zero-order valence-electron chi connectivity index (χ0n) is 17.5. The Morgan fingerprint density at radius 2 is 1.97 bits per heavy atom. The van der Waals surface area contributed by atoms with Gasteiger partial charge in [0.25, 0.3) is 5.91 Å². The number of benzene rings is 1. The normalized spacial score (nSPS) is 18.9. The van der Waals surface area contributed by atoms with Crippen LogP contribution in [0.1, 0.15) is 41.9 Å². The van der Waals surface area contributed by atoms with Crippen LogP contribution in [0.2, 0.25) is 5.02 Å². The Morgan fingerprint density at radius 1 is 1.18 bits per heavy atom. The Morgan fingerprint density at radius 3 is 2.73 bits per heavy atom. The fourth-order valence-electron chi connectivity index (χ4n) is 4.18. The second-order valence-electron chi connectivity index (χ2n) is 8.02. The maximum absolute atomic E-state index is 13.4. The number of nitrogens with zero attached hydrogens (tertiary/aromatic N) is 3. The minimum absolute atomic E-state index is 0.0101. The number of nitrogens with one attached hydrogen (secondary N) is 2. The highest BCUT2D eigenvalue weighted by Gasteiger charge is 2.34. The molecule has 2 aromatic heterocycles. The molecule has 0 spiro atoms. The second-order valence-corrected chi connectivity index (χ2v) is 8.46. The van der Waals surface area contributed by atoms with Gasteiger partial charge >= 0.3 is 6.18 Å². The minimum Gasteiger partial charge on any atom is -0.382 e. The number of aromatic nitrogens is 3. The third-order valence-electron chi connectivity index (χ3n) is 5.68. The van der Waals surface area contributed by atoms with E-state index in [2.05, 4.69) is 20.7 Å². The molecular formula is C22H22ClF4N5O. The molecule has 3 aromatic rings. The molecule has 6 nitrogen and oxygen atoms in total. The second kappa shape index (κ2) is 9.54. The highest BCUT2D eigenvalue weighted by atomic mass is 35.5. The molecule has 0 radical (unpaired) electrons. The third kappa shape index (κ3) is 5.38. The van der Waals surface area contributed by atoms with Gasteiger partial charge in [-0.25, -0.2) is 9.37 Å². The van der Waals surface area contributed by atoms with Crippen LogP contribution in [-0.4, -0.2) is 39.4 Å². The van der Waals surface area contributed by atoms with Gasteiger partial charge in [0, 0.05) is 34.4 Å². The van der Waals surface area contributed by atoms with E-state index in [-0.39, 0.29) is 35.7 Å². The van der Waals surface area contributed by atoms with Crippen molar-refractivity contribution in [2.45, 2.75) is 50.5 Å². The van der Waals surface area contributed by atoms with Crippen molar-refractivity contribution in [1.82, 2.24) is 20.1 Å². The molecule has 176 valence electrons. The van der Waals surface area contributed by atoms with Crippen LogP contribution in [0.25, 0.3) is 10.9 Å². The molecule has 4 rings (SSSR count). The fourth-order valence-corrected chi connectivity index (χ4v) is 4.35. The number of aryl methyl sites for hydroxylation is 1. The van der Waals surface area contributed by atoms with Crippen LogP contribution < -0.4 is 10.6 Å². The van der Waals surface area contributed by atoms with Gasteiger partial charge in [-0.15, -0.1) is 0 Å². The van der Waals surface area contributed by atoms with E-state index in [0.29, 0.717) is 22.5 Å². The summed E-state index contributed by atoms with van der Waals surface area (Å²) in [6.45, 7) is -0.648. The maximum atomic E-state index is 13.4. The number of amides is 1. The largest absolute Gasteiger partial charge is 0.433 e. The number of alkyl halides is 4. The van der Waals surface area contributed by atoms with Crippen molar-refractivity contribution in [2.75, 3.05) is 12.0 Å². The summed E-state index contributed by atoms with van der Waals surface area (Å²) in [5.74, 6) is -0.355. The number of carbonyl (C=O) groups is 1. The zero-order valence-corrected chi connectivity index (χ0v) is 18.3. The molecular weight excluding hydrogens is 462 g/mol. The number of anilines is 1. The van der Waals surface area contributed by atoms with E-state index in [4.69, 9.17) is 11.6 Å². The molecule has 2 atom stereocenters. The average Bonchev–Trinajstić information content (AvgIpc) is 3.22. The fraction of sp³-hybridized carbons (Fsp3) is 0.409. The van der Waals surface area contributed by atoms with Gasteiger partial charge in [-0.3, -0.25) is 9.48 Å². The summed E-state index contributed by atoms with van der Waals surface area (Å²) < 4.78 is 54.1. The lowest BCUT2D eigenvalue weighted by Gasteiger charge is -2.31. The van der Waals surface area contributed by atoms with Crippen molar-refractivity contribution in [3.05, 3.63) is 52.9 Å². The maximum Gasteiger partial charge on any atom is 0.433 e. The van der Waals surface area contributed by atoms with Gasteiger partial charge in [-0.1, -0.05) is 11.6 Å². The first-order valence-corrected chi connectivity index (χ1v) is 10.9. The van der Waals surface area contributed by atoms with Crippen LogP contribution >= 0.6 is 11.6 Å². The molecule has 1 fully saturated rings. The van der Waals surface area contributed by atoms with Crippen LogP contribution in [0.15, 0.2) is 36.5 Å². The number of pyridine rings is 1. The van der Waals surface area contributed by atoms with E-state index in [1.807, 2.05) is 0 Å². The number of rotatable bonds is 6. The van der Waals surface area contributed by atoms with Crippen molar-refractivity contribution in [3.63, 3.8) is 0 Å². The molecule has 0 aliphatic heterocycles. The quantitative estimate of drug-likeness (QED) is 0.471. The van der Waals surface area contributed by atoms with Crippen molar-refractivity contribution in [1.29, 1.82) is 0 Å². The Labute approximate surface area is 192 Å². The van der Waals surface area contributed by atoms with Gasteiger partial charge in [0.1, 0.15) is 18.1 Å². The topological polar surface area (TPSA) is 71.8 Å². The molecule has 0 bridgehead atoms. The van der Waals surface area contributed by atoms with Crippen LogP contribution in [0.4, 0.5) is 23.2 Å². The first-order chi connectivity index (χ1) is 15.7. The van der Waals surface area contributed by atoms with Gasteiger partial charge in [-0.2, -0.15) is 18.3 Å². The molecule has 1 saturated carbocycles. The van der Waals surface area contributed by atoms with Crippen molar-refractivity contribution >= 4 is 34.1 Å². The Bertz CT molecular complexity index is 1150. The lowest BCUT2D eigenvalue weighted by atomic mass is 9.90. The summed E-state index contributed by atoms with van der Waals surface area (Å²) >= 11 is 6.07. The standard InChI is InChI=1S/C22H22ClF4N5O/c23-13-4-5-17-16(10-13)18(12-20(31-17)22(25,26)27)29-14-2-1-3-15(11-14)30-21(33)19-6-8-28-32(19)9-7-24/h4-6,8,10,12,14-15H,1-3,7,9,11H2,(H,29,31)(H,30,33)/t14-,15+/m0/s1. The lowest BCUT2D eigenvalue weighted by molar-refractivity contribution is -0.140. The minimum atomic E-state index is -4.59. The summed E-state index contributed by atoms with van der Waals surface area (Å²) in [6, 6.07) is 6.72. The molecule has 1 aliphatic rings. The molecule has 0 unspecified atom stereocenters. The molecule has 1 aliphatic carbocycles. The van der Waals surface area contributed by atoms with E-state index in [9.17, 15) is 22.4 Å². The van der Waals surface area contributed by atoms with Crippen molar-refractivity contribution in [2.24, 2.45) is 0 Å². The van der Waals surface area contributed by atoms with Crippen LogP contribution in [0, 0.1) is 0 Å². The molecule has 11 heteroatoms. The van der Waals surface area contributed by atoms with Gasteiger partial charge in [0.15, 0.2) is 0 Å². The molecule has 2 N–H and O–H groups in total. The van der Waals surface area contributed by atoms with E-state index < -0.39 is 18.5 Å². The van der Waals surface area contributed by atoms with E-state index in [0.717, 1.165) is 25.3 Å². The summed E-state index contributed by atoms with van der Waals surface area (Å²) in [5, 5.41) is 11.0. The van der Waals surface area contributed by atoms with Crippen LogP contribution in [-0.2, 0) is 12.7 Å². The smallest absolute Gasteiger partial charge is 0.382 e. The van der Waals surface area contributed by atoms with E-state index >= 15 is 0 Å². The third-order valence-corrected chi connectivity index (χ3v) is 5.91. The Hall–Kier alpha value is -2.88. The number of halogens is 5. The predicted molar refractivity (Wildman–Crippen MR) is 117 cm³/mol. The average molecular weight is 484 g/mol. The number of hydrogen-bond donors (Lipinski definition) is 2.